The third-order valence-corrected chi connectivity index (χ3v) is 6.32. The molecule has 1 heterocycles. The molecule has 3 amide bonds. The molecule has 0 bridgehead atoms. The van der Waals surface area contributed by atoms with Crippen molar-refractivity contribution in [2.45, 2.75) is 62.9 Å². The first-order chi connectivity index (χ1) is 16.6. The molecule has 35 heavy (non-hydrogen) atoms. The van der Waals surface area contributed by atoms with Gasteiger partial charge in [0.1, 0.15) is 17.8 Å². The molecule has 5 unspecified atom stereocenters. The monoisotopic (exact) mass is 510 g/mol. The topological polar surface area (TPSA) is 177 Å². The average Bonchev–Trinajstić information content (AvgIpc) is 3.35. The fourth-order valence-corrected chi connectivity index (χ4v) is 4.15. The standard InChI is InChI=1S/C23H34N4O7S/c1-13(28)19(23(33)34)27-22(32)18(12-14-5-7-15(29)8-6-14)26-21(31)17(9-11-35-2)25-20(30)16-4-3-10-24-16/h5-8,13,16-19,24,28-29H,3-4,9-12H2,1-2H3,(H,25,30)(H,26,31)(H,27,32)(H,33,34). The van der Waals surface area contributed by atoms with E-state index < -0.39 is 42.0 Å². The van der Waals surface area contributed by atoms with Crippen LogP contribution in [0, 0.1) is 0 Å². The van der Waals surface area contributed by atoms with Crippen molar-refractivity contribution in [2.75, 3.05) is 18.6 Å². The molecular formula is C23H34N4O7S. The number of phenolic OH excluding ortho intramolecular Hbond substituents is 1. The quantitative estimate of drug-likeness (QED) is 0.182. The Hall–Kier alpha value is -2.83. The van der Waals surface area contributed by atoms with Gasteiger partial charge >= 0.3 is 5.97 Å². The SMILES string of the molecule is CSCCC(NC(=O)C1CCCN1)C(=O)NC(Cc1ccc(O)cc1)C(=O)NC(C(=O)O)C(C)O. The van der Waals surface area contributed by atoms with Gasteiger partial charge in [0, 0.05) is 6.42 Å². The number of thioether (sulfide) groups is 1. The lowest BCUT2D eigenvalue weighted by Crippen LogP contribution is -2.58. The van der Waals surface area contributed by atoms with Crippen LogP contribution in [-0.4, -0.2) is 87.8 Å². The van der Waals surface area contributed by atoms with Crippen LogP contribution in [0.15, 0.2) is 24.3 Å². The second-order valence-corrected chi connectivity index (χ2v) is 9.47. The minimum atomic E-state index is -1.57. The Morgan fingerprint density at radius 3 is 2.29 bits per heavy atom. The van der Waals surface area contributed by atoms with Gasteiger partial charge in [-0.25, -0.2) is 4.79 Å². The Kier molecular flexibility index (Phi) is 11.3. The zero-order chi connectivity index (χ0) is 26.0. The average molecular weight is 511 g/mol. The molecule has 1 saturated heterocycles. The number of amides is 3. The van der Waals surface area contributed by atoms with Gasteiger partial charge in [-0.15, -0.1) is 0 Å². The van der Waals surface area contributed by atoms with Crippen LogP contribution in [0.25, 0.3) is 0 Å². The summed E-state index contributed by atoms with van der Waals surface area (Å²) in [5, 5.41) is 39.3. The minimum Gasteiger partial charge on any atom is -0.508 e. The summed E-state index contributed by atoms with van der Waals surface area (Å²) >= 11 is 1.51. The molecule has 0 aliphatic carbocycles. The van der Waals surface area contributed by atoms with Crippen LogP contribution in [-0.2, 0) is 25.6 Å². The first-order valence-corrected chi connectivity index (χ1v) is 12.8. The molecule has 5 atom stereocenters. The van der Waals surface area contributed by atoms with E-state index in [0.29, 0.717) is 24.2 Å². The highest BCUT2D eigenvalue weighted by atomic mass is 32.2. The molecule has 0 saturated carbocycles. The van der Waals surface area contributed by atoms with Gasteiger partial charge in [0.15, 0.2) is 6.04 Å². The van der Waals surface area contributed by atoms with Crippen LogP contribution >= 0.6 is 11.8 Å². The highest BCUT2D eigenvalue weighted by Crippen LogP contribution is 2.13. The second kappa shape index (κ2) is 13.9. The van der Waals surface area contributed by atoms with Crippen LogP contribution in [0.5, 0.6) is 5.75 Å². The van der Waals surface area contributed by atoms with E-state index in [0.717, 1.165) is 13.0 Å². The van der Waals surface area contributed by atoms with Gasteiger partial charge in [0.25, 0.3) is 0 Å². The summed E-state index contributed by atoms with van der Waals surface area (Å²) in [5.41, 5.74) is 0.604. The number of rotatable bonds is 13. The Balaban J connectivity index is 2.20. The van der Waals surface area contributed by atoms with Crippen LogP contribution in [0.4, 0.5) is 0 Å². The van der Waals surface area contributed by atoms with Gasteiger partial charge in [0.2, 0.25) is 17.7 Å². The fourth-order valence-electron chi connectivity index (χ4n) is 3.68. The molecule has 1 aromatic carbocycles. The maximum absolute atomic E-state index is 13.2. The minimum absolute atomic E-state index is 0.00260. The number of carbonyl (C=O) groups excluding carboxylic acids is 3. The van der Waals surface area contributed by atoms with E-state index in [9.17, 15) is 34.5 Å². The van der Waals surface area contributed by atoms with Crippen LogP contribution in [0.3, 0.4) is 0 Å². The molecule has 1 fully saturated rings. The number of aliphatic carboxylic acids is 1. The van der Waals surface area contributed by atoms with Crippen molar-refractivity contribution in [2.24, 2.45) is 0 Å². The molecule has 0 spiro atoms. The fraction of sp³-hybridized carbons (Fsp3) is 0.565. The van der Waals surface area contributed by atoms with Crippen LogP contribution in [0.1, 0.15) is 31.7 Å². The second-order valence-electron chi connectivity index (χ2n) is 8.49. The molecule has 2 rings (SSSR count). The van der Waals surface area contributed by atoms with E-state index in [-0.39, 0.29) is 24.1 Å². The Morgan fingerprint density at radius 1 is 1.09 bits per heavy atom. The largest absolute Gasteiger partial charge is 0.508 e. The van der Waals surface area contributed by atoms with Crippen molar-refractivity contribution in [3.8, 4) is 5.75 Å². The van der Waals surface area contributed by atoms with Crippen LogP contribution in [0.2, 0.25) is 0 Å². The van der Waals surface area contributed by atoms with Gasteiger partial charge in [-0.2, -0.15) is 11.8 Å². The molecule has 0 aromatic heterocycles. The number of hydrogen-bond acceptors (Lipinski definition) is 8. The Morgan fingerprint density at radius 2 is 1.74 bits per heavy atom. The highest BCUT2D eigenvalue weighted by Gasteiger charge is 2.32. The van der Waals surface area contributed by atoms with E-state index in [4.69, 9.17) is 0 Å². The lowest BCUT2D eigenvalue weighted by atomic mass is 10.0. The van der Waals surface area contributed by atoms with Gasteiger partial charge in [-0.05, 0) is 62.4 Å². The number of phenols is 1. The van der Waals surface area contributed by atoms with Crippen LogP contribution < -0.4 is 21.3 Å². The van der Waals surface area contributed by atoms with E-state index in [1.165, 1.54) is 30.8 Å². The summed E-state index contributed by atoms with van der Waals surface area (Å²) in [6.45, 7) is 1.96. The van der Waals surface area contributed by atoms with Gasteiger partial charge in [-0.1, -0.05) is 12.1 Å². The summed E-state index contributed by atoms with van der Waals surface area (Å²) in [4.78, 5) is 50.2. The Labute approximate surface area is 208 Å². The summed E-state index contributed by atoms with van der Waals surface area (Å²) < 4.78 is 0. The molecule has 1 aromatic rings. The summed E-state index contributed by atoms with van der Waals surface area (Å²) in [6, 6.07) is 1.98. The number of nitrogens with one attached hydrogen (secondary N) is 4. The molecule has 0 radical (unpaired) electrons. The van der Waals surface area contributed by atoms with E-state index in [1.807, 2.05) is 6.26 Å². The van der Waals surface area contributed by atoms with E-state index >= 15 is 0 Å². The zero-order valence-corrected chi connectivity index (χ0v) is 20.6. The number of carboxylic acid groups (broad SMARTS) is 1. The summed E-state index contributed by atoms with van der Waals surface area (Å²) in [6.07, 6.45) is 2.38. The van der Waals surface area contributed by atoms with E-state index in [2.05, 4.69) is 21.3 Å². The van der Waals surface area contributed by atoms with Crippen molar-refractivity contribution < 1.29 is 34.5 Å². The highest BCUT2D eigenvalue weighted by molar-refractivity contribution is 7.98. The third-order valence-electron chi connectivity index (χ3n) is 5.68. The summed E-state index contributed by atoms with van der Waals surface area (Å²) in [5.74, 6) is -2.46. The number of aromatic hydroxyl groups is 1. The van der Waals surface area contributed by atoms with Gasteiger partial charge < -0.3 is 36.6 Å². The number of aliphatic hydroxyl groups excluding tert-OH is 1. The molecule has 11 nitrogen and oxygen atoms in total. The molecule has 194 valence electrons. The van der Waals surface area contributed by atoms with Crippen molar-refractivity contribution in [3.05, 3.63) is 29.8 Å². The lowest BCUT2D eigenvalue weighted by molar-refractivity contribution is -0.145. The third kappa shape index (κ3) is 9.04. The lowest BCUT2D eigenvalue weighted by Gasteiger charge is -2.26. The summed E-state index contributed by atoms with van der Waals surface area (Å²) in [7, 11) is 0. The van der Waals surface area contributed by atoms with Crippen molar-refractivity contribution in [3.63, 3.8) is 0 Å². The molecule has 1 aliphatic rings. The van der Waals surface area contributed by atoms with E-state index in [1.54, 1.807) is 12.1 Å². The number of hydrogen-bond donors (Lipinski definition) is 7. The molecule has 1 aliphatic heterocycles. The maximum Gasteiger partial charge on any atom is 0.328 e. The van der Waals surface area contributed by atoms with Crippen molar-refractivity contribution >= 4 is 35.5 Å². The smallest absolute Gasteiger partial charge is 0.328 e. The van der Waals surface area contributed by atoms with Crippen molar-refractivity contribution in [1.82, 2.24) is 21.3 Å². The number of carboxylic acids is 1. The predicted molar refractivity (Wildman–Crippen MR) is 131 cm³/mol. The molecular weight excluding hydrogens is 476 g/mol. The normalized spacial score (nSPS) is 18.7. The molecule has 12 heteroatoms. The Bertz CT molecular complexity index is 875. The number of aliphatic hydroxyl groups is 1. The van der Waals surface area contributed by atoms with Gasteiger partial charge in [-0.3, -0.25) is 14.4 Å². The number of carbonyl (C=O) groups is 4. The number of benzene rings is 1. The van der Waals surface area contributed by atoms with Gasteiger partial charge in [0.05, 0.1) is 12.1 Å². The predicted octanol–water partition coefficient (Wildman–Crippen LogP) is -0.640. The first kappa shape index (κ1) is 28.4. The molecule has 7 N–H and O–H groups in total. The first-order valence-electron chi connectivity index (χ1n) is 11.4. The zero-order valence-electron chi connectivity index (χ0n) is 19.8. The van der Waals surface area contributed by atoms with Crippen molar-refractivity contribution in [1.29, 1.82) is 0 Å². The maximum atomic E-state index is 13.2.